The molecule has 0 radical (unpaired) electrons. The molecule has 2 aliphatic heterocycles. The van der Waals surface area contributed by atoms with Crippen molar-refractivity contribution in [3.05, 3.63) is 99.0 Å². The maximum atomic E-state index is 6.64. The third-order valence-corrected chi connectivity index (χ3v) is 7.23. The van der Waals surface area contributed by atoms with Crippen molar-refractivity contribution in [1.82, 2.24) is 14.8 Å². The number of methoxy groups -OCH3 is 1. The lowest BCUT2D eigenvalue weighted by Crippen LogP contribution is -2.32. The summed E-state index contributed by atoms with van der Waals surface area (Å²) in [5.74, 6) is 2.19. The molecule has 0 aliphatic carbocycles. The predicted octanol–water partition coefficient (Wildman–Crippen LogP) is 6.88. The molecule has 3 aromatic carbocycles. The first kappa shape index (κ1) is 22.3. The maximum absolute atomic E-state index is 6.64. The topological polar surface area (TPSA) is 61.2 Å². The van der Waals surface area contributed by atoms with Crippen molar-refractivity contribution in [2.75, 3.05) is 18.7 Å². The van der Waals surface area contributed by atoms with E-state index in [1.165, 1.54) is 11.8 Å². The molecular formula is C26H20Cl2N4O2S. The molecule has 0 saturated heterocycles. The summed E-state index contributed by atoms with van der Waals surface area (Å²) in [4.78, 5) is 4.73. The van der Waals surface area contributed by atoms with E-state index in [0.29, 0.717) is 21.2 Å². The highest BCUT2D eigenvalue weighted by atomic mass is 35.5. The van der Waals surface area contributed by atoms with Crippen LogP contribution in [0.1, 0.15) is 28.8 Å². The molecule has 0 bridgehead atoms. The van der Waals surface area contributed by atoms with Gasteiger partial charge in [0.2, 0.25) is 11.1 Å². The minimum atomic E-state index is -0.384. The first-order valence-corrected chi connectivity index (χ1v) is 12.9. The highest BCUT2D eigenvalue weighted by Gasteiger charge is 2.41. The largest absolute Gasteiger partial charge is 0.497 e. The van der Waals surface area contributed by atoms with E-state index in [0.717, 1.165) is 39.5 Å². The summed E-state index contributed by atoms with van der Waals surface area (Å²) in [6.07, 6.45) is 1.58. The van der Waals surface area contributed by atoms with Crippen LogP contribution in [-0.2, 0) is 0 Å². The van der Waals surface area contributed by atoms with Crippen LogP contribution >= 0.6 is 35.0 Å². The number of benzene rings is 3. The zero-order valence-electron chi connectivity index (χ0n) is 18.8. The van der Waals surface area contributed by atoms with Crippen LogP contribution in [0.2, 0.25) is 10.0 Å². The molecule has 6 nitrogen and oxygen atoms in total. The number of ether oxygens (including phenoxy) is 2. The van der Waals surface area contributed by atoms with Crippen LogP contribution in [0.3, 0.4) is 0 Å². The first-order chi connectivity index (χ1) is 17.1. The van der Waals surface area contributed by atoms with Crippen molar-refractivity contribution >= 4 is 46.6 Å². The minimum absolute atomic E-state index is 0.270. The van der Waals surface area contributed by atoms with E-state index in [1.54, 1.807) is 7.11 Å². The van der Waals surface area contributed by atoms with Gasteiger partial charge in [0, 0.05) is 21.2 Å². The van der Waals surface area contributed by atoms with Gasteiger partial charge < -0.3 is 14.8 Å². The van der Waals surface area contributed by atoms with E-state index in [9.17, 15) is 0 Å². The molecule has 3 heterocycles. The molecule has 0 spiro atoms. The standard InChI is InChI=1S/C26H20Cl2N4O2S/c1-33-18-10-5-14(6-11-18)23-21-22(29-25-30-26(35-2)31-32(23)25)19-13-17(28)9-12-20(19)34-24(21)15-3-7-16(27)8-4-15/h3-13,23-24H,1-2H3,(H,29,30,31)/t23-,24-/m1/s1. The summed E-state index contributed by atoms with van der Waals surface area (Å²) in [5.41, 5.74) is 4.83. The number of hydrogen-bond donors (Lipinski definition) is 1. The van der Waals surface area contributed by atoms with E-state index >= 15 is 0 Å². The number of aromatic nitrogens is 3. The Morgan fingerprint density at radius 2 is 1.69 bits per heavy atom. The highest BCUT2D eigenvalue weighted by molar-refractivity contribution is 7.98. The minimum Gasteiger partial charge on any atom is -0.497 e. The zero-order valence-corrected chi connectivity index (χ0v) is 21.2. The van der Waals surface area contributed by atoms with E-state index in [2.05, 4.69) is 17.4 Å². The number of nitrogens with one attached hydrogen (secondary N) is 1. The molecule has 0 amide bonds. The summed E-state index contributed by atoms with van der Waals surface area (Å²) >= 11 is 14.1. The smallest absolute Gasteiger partial charge is 0.227 e. The number of halogens is 2. The Labute approximate surface area is 216 Å². The molecule has 1 aromatic heterocycles. The van der Waals surface area contributed by atoms with Crippen LogP contribution < -0.4 is 14.8 Å². The summed E-state index contributed by atoms with van der Waals surface area (Å²) < 4.78 is 14.0. The van der Waals surface area contributed by atoms with E-state index in [-0.39, 0.29) is 12.1 Å². The number of thioether (sulfide) groups is 1. The van der Waals surface area contributed by atoms with Crippen molar-refractivity contribution in [3.63, 3.8) is 0 Å². The van der Waals surface area contributed by atoms with Gasteiger partial charge in [-0.1, -0.05) is 59.2 Å². The Morgan fingerprint density at radius 1 is 0.971 bits per heavy atom. The molecule has 176 valence electrons. The molecule has 2 aliphatic rings. The Bertz CT molecular complexity index is 1450. The van der Waals surface area contributed by atoms with Gasteiger partial charge in [-0.15, -0.1) is 5.10 Å². The zero-order chi connectivity index (χ0) is 24.1. The van der Waals surface area contributed by atoms with Crippen LogP contribution in [0.5, 0.6) is 11.5 Å². The van der Waals surface area contributed by atoms with Crippen LogP contribution in [-0.4, -0.2) is 28.1 Å². The molecule has 6 rings (SSSR count). The molecule has 1 N–H and O–H groups in total. The molecule has 0 fully saturated rings. The normalized spacial score (nSPS) is 18.2. The second-order valence-electron chi connectivity index (χ2n) is 8.19. The van der Waals surface area contributed by atoms with Crippen molar-refractivity contribution in [3.8, 4) is 11.5 Å². The molecule has 4 aromatic rings. The summed E-state index contributed by atoms with van der Waals surface area (Å²) in [5, 5.41) is 10.3. The van der Waals surface area contributed by atoms with Crippen LogP contribution in [0.4, 0.5) is 5.95 Å². The lowest BCUT2D eigenvalue weighted by atomic mass is 9.84. The fourth-order valence-corrected chi connectivity index (χ4v) is 5.23. The van der Waals surface area contributed by atoms with Crippen molar-refractivity contribution < 1.29 is 9.47 Å². The molecular weight excluding hydrogens is 503 g/mol. The Morgan fingerprint density at radius 3 is 2.40 bits per heavy atom. The number of fused-ring (bicyclic) bond motifs is 3. The Kier molecular flexibility index (Phi) is 5.63. The van der Waals surface area contributed by atoms with Gasteiger partial charge in [-0.2, -0.15) is 4.98 Å². The quantitative estimate of drug-likeness (QED) is 0.295. The van der Waals surface area contributed by atoms with Crippen molar-refractivity contribution in [2.45, 2.75) is 17.3 Å². The van der Waals surface area contributed by atoms with Gasteiger partial charge >= 0.3 is 0 Å². The molecule has 35 heavy (non-hydrogen) atoms. The van der Waals surface area contributed by atoms with Crippen molar-refractivity contribution in [2.24, 2.45) is 0 Å². The van der Waals surface area contributed by atoms with Crippen LogP contribution in [0, 0.1) is 0 Å². The van der Waals surface area contributed by atoms with E-state index < -0.39 is 0 Å². The average molecular weight is 523 g/mol. The second-order valence-corrected chi connectivity index (χ2v) is 9.83. The van der Waals surface area contributed by atoms with E-state index in [4.69, 9.17) is 42.8 Å². The Balaban J connectivity index is 1.62. The summed E-state index contributed by atoms with van der Waals surface area (Å²) in [6.45, 7) is 0. The maximum Gasteiger partial charge on any atom is 0.227 e. The fourth-order valence-electron chi connectivity index (χ4n) is 4.59. The highest BCUT2D eigenvalue weighted by Crippen LogP contribution is 2.51. The fraction of sp³-hybridized carbons (Fsp3) is 0.154. The SMILES string of the molecule is COc1ccc([C@@H]2C3=C(Nc4nc(SC)nn42)c2cc(Cl)ccc2O[C@@H]3c2ccc(Cl)cc2)cc1. The van der Waals surface area contributed by atoms with Gasteiger partial charge in [-0.05, 0) is 59.8 Å². The summed E-state index contributed by atoms with van der Waals surface area (Å²) in [7, 11) is 1.66. The van der Waals surface area contributed by atoms with Gasteiger partial charge in [-0.25, -0.2) is 4.68 Å². The van der Waals surface area contributed by atoms with Gasteiger partial charge in [-0.3, -0.25) is 0 Å². The van der Waals surface area contributed by atoms with Crippen LogP contribution in [0.25, 0.3) is 5.70 Å². The lowest BCUT2D eigenvalue weighted by Gasteiger charge is -2.39. The van der Waals surface area contributed by atoms with Gasteiger partial charge in [0.15, 0.2) is 0 Å². The second kappa shape index (κ2) is 8.82. The number of rotatable bonds is 4. The molecule has 0 saturated carbocycles. The van der Waals surface area contributed by atoms with Gasteiger partial charge in [0.25, 0.3) is 0 Å². The Hall–Kier alpha value is -3.13. The molecule has 2 atom stereocenters. The number of anilines is 1. The first-order valence-electron chi connectivity index (χ1n) is 10.9. The van der Waals surface area contributed by atoms with E-state index in [1.807, 2.05) is 65.5 Å². The number of nitrogens with zero attached hydrogens (tertiary/aromatic N) is 3. The third-order valence-electron chi connectivity index (χ3n) is 6.20. The van der Waals surface area contributed by atoms with Gasteiger partial charge in [0.1, 0.15) is 23.6 Å². The average Bonchev–Trinajstić information content (AvgIpc) is 3.31. The predicted molar refractivity (Wildman–Crippen MR) is 140 cm³/mol. The molecule has 9 heteroatoms. The van der Waals surface area contributed by atoms with Crippen molar-refractivity contribution in [1.29, 1.82) is 0 Å². The summed E-state index contributed by atoms with van der Waals surface area (Å²) in [6, 6.07) is 21.1. The van der Waals surface area contributed by atoms with Crippen LogP contribution in [0.15, 0.2) is 77.5 Å². The van der Waals surface area contributed by atoms with Gasteiger partial charge in [0.05, 0.1) is 12.8 Å². The lowest BCUT2D eigenvalue weighted by molar-refractivity contribution is 0.223. The third kappa shape index (κ3) is 3.84. The molecule has 0 unspecified atom stereocenters. The monoisotopic (exact) mass is 522 g/mol. The number of hydrogen-bond acceptors (Lipinski definition) is 6.